The third-order valence-electron chi connectivity index (χ3n) is 2.33. The van der Waals surface area contributed by atoms with Gasteiger partial charge >= 0.3 is 0 Å². The standard InChI is InChI=1S/C11H12N2O2/c14-10-5-8(6-12-7-10)11(15)13-9-3-1-2-4-9/h1-2,5-7,9,14H,3-4H2,(H,13,15). The molecule has 0 unspecified atom stereocenters. The van der Waals surface area contributed by atoms with E-state index in [9.17, 15) is 4.79 Å². The molecule has 78 valence electrons. The van der Waals surface area contributed by atoms with Crippen LogP contribution < -0.4 is 5.32 Å². The van der Waals surface area contributed by atoms with Gasteiger partial charge in [0.05, 0.1) is 11.8 Å². The second-order valence-electron chi connectivity index (χ2n) is 3.55. The van der Waals surface area contributed by atoms with E-state index in [-0.39, 0.29) is 17.7 Å². The normalized spacial score (nSPS) is 15.5. The van der Waals surface area contributed by atoms with Crippen LogP contribution in [-0.4, -0.2) is 22.0 Å². The lowest BCUT2D eigenvalue weighted by Crippen LogP contribution is -2.32. The minimum atomic E-state index is -0.188. The maximum atomic E-state index is 11.7. The number of aromatic hydroxyl groups is 1. The molecular formula is C11H12N2O2. The fraction of sp³-hybridized carbons (Fsp3) is 0.273. The zero-order valence-corrected chi connectivity index (χ0v) is 8.18. The van der Waals surface area contributed by atoms with E-state index in [1.165, 1.54) is 18.5 Å². The molecule has 0 saturated carbocycles. The molecular weight excluding hydrogens is 192 g/mol. The predicted octanol–water partition coefficient (Wildman–Crippen LogP) is 1.24. The summed E-state index contributed by atoms with van der Waals surface area (Å²) in [5.74, 6) is -0.181. The number of hydrogen-bond donors (Lipinski definition) is 2. The molecule has 0 aliphatic heterocycles. The van der Waals surface area contributed by atoms with Crippen LogP contribution in [-0.2, 0) is 0 Å². The Hall–Kier alpha value is -1.84. The smallest absolute Gasteiger partial charge is 0.253 e. The molecule has 0 atom stereocenters. The number of aromatic nitrogens is 1. The third kappa shape index (κ3) is 2.34. The Morgan fingerprint density at radius 1 is 1.40 bits per heavy atom. The Bertz CT molecular complexity index is 393. The van der Waals surface area contributed by atoms with Crippen LogP contribution in [0.4, 0.5) is 0 Å². The van der Waals surface area contributed by atoms with E-state index in [2.05, 4.69) is 10.3 Å². The predicted molar refractivity (Wildman–Crippen MR) is 55.5 cm³/mol. The van der Waals surface area contributed by atoms with Crippen LogP contribution in [0.3, 0.4) is 0 Å². The van der Waals surface area contributed by atoms with Gasteiger partial charge in [-0.15, -0.1) is 0 Å². The zero-order valence-electron chi connectivity index (χ0n) is 8.18. The molecule has 4 nitrogen and oxygen atoms in total. The van der Waals surface area contributed by atoms with Gasteiger partial charge in [0.15, 0.2) is 0 Å². The van der Waals surface area contributed by atoms with Gasteiger partial charge in [0.1, 0.15) is 5.75 Å². The van der Waals surface area contributed by atoms with E-state index >= 15 is 0 Å². The first-order chi connectivity index (χ1) is 7.25. The van der Waals surface area contributed by atoms with E-state index in [0.717, 1.165) is 12.8 Å². The number of rotatable bonds is 2. The van der Waals surface area contributed by atoms with Crippen LogP contribution in [0.25, 0.3) is 0 Å². The molecule has 1 aliphatic carbocycles. The summed E-state index contributed by atoms with van der Waals surface area (Å²) in [6.45, 7) is 0. The van der Waals surface area contributed by atoms with Crippen molar-refractivity contribution in [3.8, 4) is 5.75 Å². The van der Waals surface area contributed by atoms with Crippen molar-refractivity contribution in [2.75, 3.05) is 0 Å². The summed E-state index contributed by atoms with van der Waals surface area (Å²) in [5.41, 5.74) is 0.391. The molecule has 0 aromatic carbocycles. The molecule has 2 N–H and O–H groups in total. The van der Waals surface area contributed by atoms with E-state index in [0.29, 0.717) is 5.56 Å². The summed E-state index contributed by atoms with van der Waals surface area (Å²) < 4.78 is 0. The van der Waals surface area contributed by atoms with E-state index in [1.54, 1.807) is 0 Å². The molecule has 1 heterocycles. The quantitative estimate of drug-likeness (QED) is 0.712. The van der Waals surface area contributed by atoms with Crippen LogP contribution >= 0.6 is 0 Å². The lowest BCUT2D eigenvalue weighted by Gasteiger charge is -2.11. The highest BCUT2D eigenvalue weighted by atomic mass is 16.3. The molecule has 15 heavy (non-hydrogen) atoms. The maximum Gasteiger partial charge on any atom is 0.253 e. The zero-order chi connectivity index (χ0) is 10.7. The average molecular weight is 204 g/mol. The van der Waals surface area contributed by atoms with Gasteiger partial charge in [-0.2, -0.15) is 0 Å². The molecule has 0 spiro atoms. The van der Waals surface area contributed by atoms with Crippen molar-refractivity contribution in [1.82, 2.24) is 10.3 Å². The van der Waals surface area contributed by atoms with E-state index < -0.39 is 0 Å². The summed E-state index contributed by atoms with van der Waals surface area (Å²) in [6.07, 6.45) is 8.58. The molecule has 0 bridgehead atoms. The van der Waals surface area contributed by atoms with Gasteiger partial charge in [0.25, 0.3) is 5.91 Å². The van der Waals surface area contributed by atoms with Crippen LogP contribution in [0.15, 0.2) is 30.6 Å². The highest BCUT2D eigenvalue weighted by Gasteiger charge is 2.14. The van der Waals surface area contributed by atoms with Gasteiger partial charge < -0.3 is 10.4 Å². The first-order valence-electron chi connectivity index (χ1n) is 4.85. The Kier molecular flexibility index (Phi) is 2.67. The summed E-state index contributed by atoms with van der Waals surface area (Å²) in [4.78, 5) is 15.4. The Labute approximate surface area is 87.7 Å². The van der Waals surface area contributed by atoms with Crippen molar-refractivity contribution in [3.05, 3.63) is 36.2 Å². The molecule has 4 heteroatoms. The number of carbonyl (C=O) groups excluding carboxylic acids is 1. The molecule has 2 rings (SSSR count). The van der Waals surface area contributed by atoms with Gasteiger partial charge in [-0.05, 0) is 18.9 Å². The first kappa shape index (κ1) is 9.71. The Morgan fingerprint density at radius 2 is 2.13 bits per heavy atom. The molecule has 1 aliphatic rings. The topological polar surface area (TPSA) is 62.2 Å². The fourth-order valence-corrected chi connectivity index (χ4v) is 1.56. The molecule has 0 saturated heterocycles. The minimum absolute atomic E-state index is 0.00666. The third-order valence-corrected chi connectivity index (χ3v) is 2.33. The average Bonchev–Trinajstić information content (AvgIpc) is 2.70. The molecule has 0 fully saturated rings. The second kappa shape index (κ2) is 4.13. The van der Waals surface area contributed by atoms with Gasteiger partial charge in [-0.25, -0.2) is 0 Å². The first-order valence-corrected chi connectivity index (χ1v) is 4.85. The highest BCUT2D eigenvalue weighted by molar-refractivity contribution is 5.94. The molecule has 1 amide bonds. The van der Waals surface area contributed by atoms with Crippen molar-refractivity contribution in [1.29, 1.82) is 0 Å². The summed E-state index contributed by atoms with van der Waals surface area (Å²) in [6, 6.07) is 1.59. The van der Waals surface area contributed by atoms with Gasteiger partial charge in [0.2, 0.25) is 0 Å². The summed E-state index contributed by atoms with van der Waals surface area (Å²) in [5, 5.41) is 12.0. The van der Waals surface area contributed by atoms with E-state index in [4.69, 9.17) is 5.11 Å². The van der Waals surface area contributed by atoms with Gasteiger partial charge in [-0.1, -0.05) is 12.2 Å². The highest BCUT2D eigenvalue weighted by Crippen LogP contribution is 2.12. The molecule has 1 aromatic rings. The van der Waals surface area contributed by atoms with Gasteiger partial charge in [-0.3, -0.25) is 9.78 Å². The van der Waals surface area contributed by atoms with Gasteiger partial charge in [0, 0.05) is 12.2 Å². The number of nitrogens with one attached hydrogen (secondary N) is 1. The van der Waals surface area contributed by atoms with Crippen molar-refractivity contribution >= 4 is 5.91 Å². The van der Waals surface area contributed by atoms with E-state index in [1.807, 2.05) is 12.2 Å². The number of amides is 1. The molecule has 0 radical (unpaired) electrons. The number of pyridine rings is 1. The number of hydrogen-bond acceptors (Lipinski definition) is 3. The van der Waals surface area contributed by atoms with Crippen LogP contribution in [0.2, 0.25) is 0 Å². The van der Waals surface area contributed by atoms with Crippen molar-refractivity contribution in [2.45, 2.75) is 18.9 Å². The second-order valence-corrected chi connectivity index (χ2v) is 3.55. The SMILES string of the molecule is O=C(NC1CC=CC1)c1cncc(O)c1. The van der Waals surface area contributed by atoms with Crippen LogP contribution in [0.1, 0.15) is 23.2 Å². The lowest BCUT2D eigenvalue weighted by molar-refractivity contribution is 0.0938. The fourth-order valence-electron chi connectivity index (χ4n) is 1.56. The Morgan fingerprint density at radius 3 is 2.80 bits per heavy atom. The number of nitrogens with zero attached hydrogens (tertiary/aromatic N) is 1. The summed E-state index contributed by atoms with van der Waals surface area (Å²) in [7, 11) is 0. The van der Waals surface area contributed by atoms with Crippen molar-refractivity contribution < 1.29 is 9.90 Å². The number of carbonyl (C=O) groups is 1. The van der Waals surface area contributed by atoms with Crippen molar-refractivity contribution in [2.24, 2.45) is 0 Å². The maximum absolute atomic E-state index is 11.7. The molecule has 1 aromatic heterocycles. The monoisotopic (exact) mass is 204 g/mol. The van der Waals surface area contributed by atoms with Crippen molar-refractivity contribution in [3.63, 3.8) is 0 Å². The van der Waals surface area contributed by atoms with Crippen LogP contribution in [0, 0.1) is 0 Å². The van der Waals surface area contributed by atoms with Crippen LogP contribution in [0.5, 0.6) is 5.75 Å². The minimum Gasteiger partial charge on any atom is -0.506 e. The summed E-state index contributed by atoms with van der Waals surface area (Å²) >= 11 is 0. The lowest BCUT2D eigenvalue weighted by atomic mass is 10.2. The Balaban J connectivity index is 2.01. The largest absolute Gasteiger partial charge is 0.506 e.